The number of rotatable bonds is 3. The zero-order chi connectivity index (χ0) is 28.0. The van der Waals surface area contributed by atoms with Gasteiger partial charge in [-0.3, -0.25) is 29.0 Å². The van der Waals surface area contributed by atoms with E-state index in [9.17, 15) is 24.3 Å². The molecule has 0 aromatic heterocycles. The summed E-state index contributed by atoms with van der Waals surface area (Å²) in [5, 5.41) is 10.2. The number of benzene rings is 2. The van der Waals surface area contributed by atoms with E-state index in [1.165, 1.54) is 25.1 Å². The number of amides is 4. The van der Waals surface area contributed by atoms with Crippen molar-refractivity contribution in [1.29, 1.82) is 0 Å². The van der Waals surface area contributed by atoms with E-state index >= 15 is 0 Å². The molecule has 4 amide bonds. The van der Waals surface area contributed by atoms with Gasteiger partial charge in [-0.2, -0.15) is 0 Å². The van der Waals surface area contributed by atoms with E-state index in [1.54, 1.807) is 36.4 Å². The second kappa shape index (κ2) is 8.81. The first-order valence-corrected chi connectivity index (χ1v) is 13.9. The van der Waals surface area contributed by atoms with Crippen molar-refractivity contribution in [2.75, 3.05) is 19.1 Å². The molecular formula is C28H23BrCl2N2O6. The minimum Gasteiger partial charge on any atom is -0.504 e. The molecule has 0 bridgehead atoms. The van der Waals surface area contributed by atoms with E-state index in [0.29, 0.717) is 16.8 Å². The summed E-state index contributed by atoms with van der Waals surface area (Å²) in [4.78, 5) is 53.0. The Hall–Kier alpha value is -2.88. The molecule has 11 heteroatoms. The Balaban J connectivity index is 1.52. The molecule has 0 unspecified atom stereocenters. The predicted octanol–water partition coefficient (Wildman–Crippen LogP) is 4.36. The van der Waals surface area contributed by atoms with Gasteiger partial charge in [0.15, 0.2) is 21.2 Å². The summed E-state index contributed by atoms with van der Waals surface area (Å²) in [5.74, 6) is -4.92. The maximum absolute atomic E-state index is 13.9. The Bertz CT molecular complexity index is 1500. The molecule has 1 saturated carbocycles. The standard InChI is InChI=1S/C28H23BrCl2N2O6/c1-32-25(37)27(30)12-18-16(22(28(27,31)26(32)38)13-3-10-19(34)20(11-13)39-2)8-9-17-21(18)24(36)33(23(17)35)15-6-4-14(29)5-7-15/h3-8,10-11,17-18,21-22,34H,9,12H2,1-2H3/t17-,18+,21-,22-,27+,28-/m0/s1. The number of carbonyl (C=O) groups is 4. The largest absolute Gasteiger partial charge is 0.504 e. The summed E-state index contributed by atoms with van der Waals surface area (Å²) in [6, 6.07) is 11.5. The van der Waals surface area contributed by atoms with Crippen molar-refractivity contribution in [3.8, 4) is 11.5 Å². The van der Waals surface area contributed by atoms with Crippen LogP contribution < -0.4 is 9.64 Å². The summed E-state index contributed by atoms with van der Waals surface area (Å²) < 4.78 is 6.11. The van der Waals surface area contributed by atoms with Gasteiger partial charge in [-0.1, -0.05) is 33.6 Å². The lowest BCUT2D eigenvalue weighted by Gasteiger charge is -2.50. The molecule has 2 aliphatic carbocycles. The fraction of sp³-hybridized carbons (Fsp3) is 0.357. The Kier molecular flexibility index (Phi) is 5.95. The first-order valence-electron chi connectivity index (χ1n) is 12.4. The van der Waals surface area contributed by atoms with E-state index in [-0.39, 0.29) is 36.2 Å². The number of alkyl halides is 2. The quantitative estimate of drug-likeness (QED) is 0.306. The maximum atomic E-state index is 13.9. The van der Waals surface area contributed by atoms with Crippen LogP contribution in [-0.4, -0.2) is 57.5 Å². The van der Waals surface area contributed by atoms with E-state index in [1.807, 2.05) is 6.08 Å². The lowest BCUT2D eigenvalue weighted by molar-refractivity contribution is -0.138. The van der Waals surface area contributed by atoms with E-state index < -0.39 is 45.2 Å². The van der Waals surface area contributed by atoms with Gasteiger partial charge >= 0.3 is 0 Å². The van der Waals surface area contributed by atoms with Crippen LogP contribution in [-0.2, 0) is 19.2 Å². The molecule has 202 valence electrons. The molecule has 2 aromatic rings. The van der Waals surface area contributed by atoms with E-state index in [4.69, 9.17) is 27.9 Å². The molecule has 2 aliphatic heterocycles. The monoisotopic (exact) mass is 632 g/mol. The number of aromatic hydroxyl groups is 1. The van der Waals surface area contributed by atoms with E-state index in [2.05, 4.69) is 15.9 Å². The van der Waals surface area contributed by atoms with Crippen LogP contribution in [0.4, 0.5) is 5.69 Å². The van der Waals surface area contributed by atoms with Crippen molar-refractivity contribution >= 4 is 68.4 Å². The third kappa shape index (κ3) is 3.36. The number of nitrogens with zero attached hydrogens (tertiary/aromatic N) is 2. The molecule has 1 N–H and O–H groups in total. The average molecular weight is 634 g/mol. The minimum atomic E-state index is -1.89. The summed E-state index contributed by atoms with van der Waals surface area (Å²) in [6.07, 6.45) is 2.04. The second-order valence-corrected chi connectivity index (χ2v) is 12.6. The highest BCUT2D eigenvalue weighted by atomic mass is 79.9. The number of ether oxygens (including phenoxy) is 1. The number of methoxy groups -OCH3 is 1. The molecule has 0 radical (unpaired) electrons. The van der Waals surface area contributed by atoms with Crippen LogP contribution >= 0.6 is 39.1 Å². The number of likely N-dealkylation sites (tertiary alicyclic amines) is 1. The van der Waals surface area contributed by atoms with Crippen molar-refractivity contribution in [3.63, 3.8) is 0 Å². The highest BCUT2D eigenvalue weighted by Crippen LogP contribution is 2.65. The molecule has 2 saturated heterocycles. The van der Waals surface area contributed by atoms with Crippen LogP contribution in [0.25, 0.3) is 0 Å². The second-order valence-electron chi connectivity index (χ2n) is 10.4. The zero-order valence-electron chi connectivity index (χ0n) is 20.9. The van der Waals surface area contributed by atoms with Gasteiger partial charge in [0.1, 0.15) is 0 Å². The van der Waals surface area contributed by atoms with Gasteiger partial charge in [0.2, 0.25) is 11.8 Å². The van der Waals surface area contributed by atoms with Crippen LogP contribution in [0, 0.1) is 17.8 Å². The number of halogens is 3. The van der Waals surface area contributed by atoms with Gasteiger partial charge in [-0.15, -0.1) is 23.2 Å². The van der Waals surface area contributed by atoms with Gasteiger partial charge in [-0.25, -0.2) is 0 Å². The van der Waals surface area contributed by atoms with Crippen molar-refractivity contribution in [2.24, 2.45) is 17.8 Å². The number of carbonyl (C=O) groups excluding carboxylic acids is 4. The van der Waals surface area contributed by atoms with Gasteiger partial charge in [-0.05, 0) is 60.7 Å². The maximum Gasteiger partial charge on any atom is 0.253 e. The highest BCUT2D eigenvalue weighted by Gasteiger charge is 2.75. The lowest BCUT2D eigenvalue weighted by atomic mass is 9.56. The number of hydrogen-bond donors (Lipinski definition) is 1. The minimum absolute atomic E-state index is 0.0844. The van der Waals surface area contributed by atoms with Gasteiger partial charge in [0.25, 0.3) is 11.8 Å². The van der Waals surface area contributed by atoms with Gasteiger partial charge < -0.3 is 9.84 Å². The Morgan fingerprint density at radius 2 is 1.69 bits per heavy atom. The van der Waals surface area contributed by atoms with Gasteiger partial charge in [0.05, 0.1) is 24.6 Å². The number of hydrogen-bond acceptors (Lipinski definition) is 6. The molecule has 6 atom stereocenters. The number of fused-ring (bicyclic) bond motifs is 4. The van der Waals surface area contributed by atoms with Crippen LogP contribution in [0.1, 0.15) is 24.3 Å². The van der Waals surface area contributed by atoms with Crippen LogP contribution in [0.2, 0.25) is 0 Å². The van der Waals surface area contributed by atoms with E-state index in [0.717, 1.165) is 9.37 Å². The highest BCUT2D eigenvalue weighted by molar-refractivity contribution is 9.10. The molecule has 6 rings (SSSR count). The van der Waals surface area contributed by atoms with Gasteiger partial charge in [0, 0.05) is 17.4 Å². The fourth-order valence-corrected chi connectivity index (χ4v) is 8.12. The lowest BCUT2D eigenvalue weighted by Crippen LogP contribution is -2.60. The third-order valence-electron chi connectivity index (χ3n) is 8.64. The summed E-state index contributed by atoms with van der Waals surface area (Å²) in [5.41, 5.74) is 1.63. The van der Waals surface area contributed by atoms with Crippen LogP contribution in [0.3, 0.4) is 0 Å². The molecule has 3 fully saturated rings. The van der Waals surface area contributed by atoms with Crippen molar-refractivity contribution in [2.45, 2.75) is 28.5 Å². The topological polar surface area (TPSA) is 104 Å². The first-order chi connectivity index (χ1) is 18.5. The summed E-state index contributed by atoms with van der Waals surface area (Å²) in [7, 11) is 2.74. The predicted molar refractivity (Wildman–Crippen MR) is 147 cm³/mol. The Morgan fingerprint density at radius 1 is 1.00 bits per heavy atom. The van der Waals surface area contributed by atoms with Crippen LogP contribution in [0.5, 0.6) is 11.5 Å². The molecule has 8 nitrogen and oxygen atoms in total. The third-order valence-corrected chi connectivity index (χ3v) is 10.6. The normalized spacial score (nSPS) is 33.6. The Labute approximate surface area is 242 Å². The Morgan fingerprint density at radius 3 is 2.36 bits per heavy atom. The first kappa shape index (κ1) is 26.3. The number of imide groups is 2. The van der Waals surface area contributed by atoms with Crippen molar-refractivity contribution < 1.29 is 29.0 Å². The molecule has 2 aromatic carbocycles. The van der Waals surface area contributed by atoms with Crippen molar-refractivity contribution in [1.82, 2.24) is 4.90 Å². The zero-order valence-corrected chi connectivity index (χ0v) is 24.0. The SMILES string of the molecule is COc1cc([C@H]2C3=CC[C@@H]4C(=O)N(c5ccc(Br)cc5)C(=O)[C@@H]4[C@@H]3C[C@@]3(Cl)C(=O)N(C)C(=O)[C@@]23Cl)ccc1O. The number of anilines is 1. The van der Waals surface area contributed by atoms with Crippen molar-refractivity contribution in [3.05, 3.63) is 64.1 Å². The summed E-state index contributed by atoms with van der Waals surface area (Å²) >= 11 is 17.7. The fourth-order valence-electron chi connectivity index (χ4n) is 6.84. The molecule has 0 spiro atoms. The van der Waals surface area contributed by atoms with Crippen LogP contribution in [0.15, 0.2) is 58.6 Å². The molecular weight excluding hydrogens is 611 g/mol. The molecule has 2 heterocycles. The smallest absolute Gasteiger partial charge is 0.253 e. The molecule has 4 aliphatic rings. The molecule has 39 heavy (non-hydrogen) atoms. The average Bonchev–Trinajstić information content (AvgIpc) is 3.24. The number of phenolic OH excluding ortho intramolecular Hbond substituents is 1. The number of allylic oxidation sites excluding steroid dienone is 2. The number of phenols is 1. The summed E-state index contributed by atoms with van der Waals surface area (Å²) in [6.45, 7) is 0.